The molecule has 1 aliphatic heterocycles. The van der Waals surface area contributed by atoms with Gasteiger partial charge in [-0.1, -0.05) is 30.3 Å². The highest BCUT2D eigenvalue weighted by Crippen LogP contribution is 2.62. The average molecular weight is 444 g/mol. The van der Waals surface area contributed by atoms with E-state index in [4.69, 9.17) is 0 Å². The molecule has 4 fully saturated rings. The lowest BCUT2D eigenvalue weighted by Gasteiger charge is -2.57. The van der Waals surface area contributed by atoms with Crippen LogP contribution in [0.3, 0.4) is 0 Å². The third-order valence-corrected chi connectivity index (χ3v) is 8.77. The number of amides is 2. The fourth-order valence-electron chi connectivity index (χ4n) is 7.83. The lowest BCUT2D eigenvalue weighted by Crippen LogP contribution is -2.46. The Hall–Kier alpha value is -2.95. The summed E-state index contributed by atoms with van der Waals surface area (Å²) in [5.41, 5.74) is 1.87. The molecule has 170 valence electrons. The van der Waals surface area contributed by atoms with Crippen molar-refractivity contribution >= 4 is 17.8 Å². The van der Waals surface area contributed by atoms with Crippen LogP contribution in [0.4, 0.5) is 0 Å². The molecule has 5 aliphatic rings. The number of aromatic carboxylic acids is 1. The third-order valence-electron chi connectivity index (χ3n) is 8.77. The van der Waals surface area contributed by atoms with Gasteiger partial charge < -0.3 is 5.11 Å². The Labute approximate surface area is 193 Å². The van der Waals surface area contributed by atoms with Crippen molar-refractivity contribution in [3.63, 3.8) is 0 Å². The fraction of sp³-hybridized carbons (Fsp3) is 0.464. The van der Waals surface area contributed by atoms with E-state index in [9.17, 15) is 19.5 Å². The van der Waals surface area contributed by atoms with Crippen LogP contribution in [-0.4, -0.2) is 27.8 Å². The summed E-state index contributed by atoms with van der Waals surface area (Å²) in [5, 5.41) is 9.35. The molecule has 5 heteroatoms. The number of rotatable bonds is 6. The minimum Gasteiger partial charge on any atom is -0.478 e. The van der Waals surface area contributed by atoms with E-state index in [0.29, 0.717) is 11.0 Å². The van der Waals surface area contributed by atoms with Crippen molar-refractivity contribution in [2.75, 3.05) is 0 Å². The van der Waals surface area contributed by atoms with Crippen molar-refractivity contribution in [2.45, 2.75) is 57.4 Å². The van der Waals surface area contributed by atoms with Crippen molar-refractivity contribution in [2.24, 2.45) is 23.2 Å². The van der Waals surface area contributed by atoms with E-state index < -0.39 is 5.97 Å². The summed E-state index contributed by atoms with van der Waals surface area (Å²) >= 11 is 0. The Balaban J connectivity index is 1.31. The van der Waals surface area contributed by atoms with E-state index in [1.54, 1.807) is 0 Å². The molecule has 0 aromatic heterocycles. The fourth-order valence-corrected chi connectivity index (χ4v) is 7.83. The molecule has 1 heterocycles. The molecule has 2 aromatic rings. The van der Waals surface area contributed by atoms with Crippen molar-refractivity contribution in [1.29, 1.82) is 0 Å². The highest BCUT2D eigenvalue weighted by atomic mass is 16.4. The summed E-state index contributed by atoms with van der Waals surface area (Å²) in [7, 11) is 0. The normalized spacial score (nSPS) is 30.5. The number of carboxylic acids is 1. The van der Waals surface area contributed by atoms with Gasteiger partial charge in [0.15, 0.2) is 0 Å². The first-order valence-corrected chi connectivity index (χ1v) is 12.2. The molecule has 4 bridgehead atoms. The first kappa shape index (κ1) is 20.6. The Morgan fingerprint density at radius 2 is 1.52 bits per heavy atom. The van der Waals surface area contributed by atoms with Gasteiger partial charge in [-0.3, -0.25) is 14.5 Å². The van der Waals surface area contributed by atoms with Gasteiger partial charge in [0.2, 0.25) is 0 Å². The van der Waals surface area contributed by atoms with Crippen LogP contribution >= 0.6 is 0 Å². The number of hydrogen-bond acceptors (Lipinski definition) is 3. The van der Waals surface area contributed by atoms with E-state index in [-0.39, 0.29) is 29.0 Å². The van der Waals surface area contributed by atoms with E-state index in [0.717, 1.165) is 36.2 Å². The zero-order valence-corrected chi connectivity index (χ0v) is 18.7. The highest BCUT2D eigenvalue weighted by Gasteiger charge is 2.51. The van der Waals surface area contributed by atoms with Crippen molar-refractivity contribution in [1.82, 2.24) is 4.90 Å². The average Bonchev–Trinajstić information content (AvgIpc) is 3.04. The second kappa shape index (κ2) is 7.54. The van der Waals surface area contributed by atoms with Crippen LogP contribution in [0.5, 0.6) is 0 Å². The molecule has 0 saturated heterocycles. The molecule has 2 aromatic carbocycles. The van der Waals surface area contributed by atoms with Gasteiger partial charge in [0.25, 0.3) is 11.8 Å². The van der Waals surface area contributed by atoms with Gasteiger partial charge >= 0.3 is 5.97 Å². The van der Waals surface area contributed by atoms with Gasteiger partial charge in [0.05, 0.1) is 22.7 Å². The standard InChI is InChI=1S/C28H29NO4/c30-25-22-7-6-21(27(32)33)13-23(22)26(31)29(25)24(20-4-2-1-3-5-20)8-9-28-14-17-10-18(15-28)12-19(11-17)16-28/h1-7,13,17-19,24H,8-12,14-16H2,(H,32,33)/t17?,18?,19?,24-,28?/m1/s1. The minimum absolute atomic E-state index is 0.0292. The molecule has 1 N–H and O–H groups in total. The van der Waals surface area contributed by atoms with Gasteiger partial charge in [-0.15, -0.1) is 0 Å². The summed E-state index contributed by atoms with van der Waals surface area (Å²) in [4.78, 5) is 39.6. The highest BCUT2D eigenvalue weighted by molar-refractivity contribution is 6.22. The molecule has 0 spiro atoms. The lowest BCUT2D eigenvalue weighted by molar-refractivity contribution is -0.0604. The predicted molar refractivity (Wildman–Crippen MR) is 123 cm³/mol. The van der Waals surface area contributed by atoms with Crippen molar-refractivity contribution < 1.29 is 19.5 Å². The topological polar surface area (TPSA) is 74.7 Å². The molecule has 33 heavy (non-hydrogen) atoms. The minimum atomic E-state index is -1.10. The maximum atomic E-state index is 13.4. The Morgan fingerprint density at radius 1 is 0.909 bits per heavy atom. The Kier molecular flexibility index (Phi) is 4.72. The van der Waals surface area contributed by atoms with E-state index in [1.807, 2.05) is 30.3 Å². The van der Waals surface area contributed by atoms with Crippen LogP contribution in [-0.2, 0) is 0 Å². The van der Waals surface area contributed by atoms with E-state index >= 15 is 0 Å². The second-order valence-electron chi connectivity index (χ2n) is 10.9. The van der Waals surface area contributed by atoms with Gasteiger partial charge in [-0.05, 0) is 98.3 Å². The quantitative estimate of drug-likeness (QED) is 0.580. The molecular weight excluding hydrogens is 414 g/mol. The van der Waals surface area contributed by atoms with E-state index in [2.05, 4.69) is 0 Å². The SMILES string of the molecule is O=C(O)c1ccc2c(c1)C(=O)N([C@H](CCC13CC4CC(CC(C4)C1)C3)c1ccccc1)C2=O. The zero-order chi connectivity index (χ0) is 22.7. The summed E-state index contributed by atoms with van der Waals surface area (Å²) in [6.45, 7) is 0. The van der Waals surface area contributed by atoms with Gasteiger partial charge in [0, 0.05) is 0 Å². The molecule has 4 aliphatic carbocycles. The first-order chi connectivity index (χ1) is 15.9. The molecule has 0 radical (unpaired) electrons. The summed E-state index contributed by atoms with van der Waals surface area (Å²) in [5.74, 6) is 0.794. The number of carbonyl (C=O) groups is 3. The second-order valence-corrected chi connectivity index (χ2v) is 10.9. The molecule has 1 atom stereocenters. The van der Waals surface area contributed by atoms with Crippen molar-refractivity contribution in [3.8, 4) is 0 Å². The Bertz CT molecular complexity index is 1100. The van der Waals surface area contributed by atoms with Crippen LogP contribution in [0.25, 0.3) is 0 Å². The molecule has 5 nitrogen and oxygen atoms in total. The number of fused-ring (bicyclic) bond motifs is 1. The maximum absolute atomic E-state index is 13.4. The summed E-state index contributed by atoms with van der Waals surface area (Å²) < 4.78 is 0. The molecule has 2 amide bonds. The van der Waals surface area contributed by atoms with Crippen LogP contribution in [0.2, 0.25) is 0 Å². The summed E-state index contributed by atoms with van der Waals surface area (Å²) in [6.07, 6.45) is 9.86. The van der Waals surface area contributed by atoms with Gasteiger partial charge in [-0.2, -0.15) is 0 Å². The summed E-state index contributed by atoms with van der Waals surface area (Å²) in [6, 6.07) is 13.7. The first-order valence-electron chi connectivity index (χ1n) is 12.2. The van der Waals surface area contributed by atoms with Crippen LogP contribution in [0.15, 0.2) is 48.5 Å². The van der Waals surface area contributed by atoms with Gasteiger partial charge in [-0.25, -0.2) is 4.79 Å². The van der Waals surface area contributed by atoms with Crippen LogP contribution in [0, 0.1) is 23.2 Å². The number of nitrogens with zero attached hydrogens (tertiary/aromatic N) is 1. The van der Waals surface area contributed by atoms with Crippen molar-refractivity contribution in [3.05, 3.63) is 70.8 Å². The number of carbonyl (C=O) groups excluding carboxylic acids is 2. The van der Waals surface area contributed by atoms with Crippen LogP contribution in [0.1, 0.15) is 94.0 Å². The number of benzene rings is 2. The van der Waals surface area contributed by atoms with Crippen LogP contribution < -0.4 is 0 Å². The molecule has 0 unspecified atom stereocenters. The smallest absolute Gasteiger partial charge is 0.335 e. The monoisotopic (exact) mass is 443 g/mol. The predicted octanol–water partition coefficient (Wildman–Crippen LogP) is 5.72. The number of hydrogen-bond donors (Lipinski definition) is 1. The van der Waals surface area contributed by atoms with Gasteiger partial charge in [0.1, 0.15) is 0 Å². The molecule has 7 rings (SSSR count). The number of carboxylic acid groups (broad SMARTS) is 1. The third kappa shape index (κ3) is 3.40. The Morgan fingerprint density at radius 3 is 2.12 bits per heavy atom. The van der Waals surface area contributed by atoms with E-state index in [1.165, 1.54) is 61.6 Å². The molecule has 4 saturated carbocycles. The largest absolute Gasteiger partial charge is 0.478 e. The lowest BCUT2D eigenvalue weighted by atomic mass is 9.48. The number of imide groups is 1. The maximum Gasteiger partial charge on any atom is 0.335 e. The molecular formula is C28H29NO4. The zero-order valence-electron chi connectivity index (χ0n) is 18.7.